The number of rotatable bonds is 2. The monoisotopic (exact) mass is 347 g/mol. The molecule has 120 valence electrons. The zero-order valence-electron chi connectivity index (χ0n) is 12.2. The molecule has 0 aliphatic heterocycles. The third-order valence-corrected chi connectivity index (χ3v) is 4.86. The Morgan fingerprint density at radius 3 is 1.78 bits per heavy atom. The highest BCUT2D eigenvalue weighted by Gasteiger charge is 2.15. The number of amidine groups is 2. The van der Waals surface area contributed by atoms with E-state index in [1.54, 1.807) is 0 Å². The van der Waals surface area contributed by atoms with E-state index < -0.39 is 0 Å². The molecule has 0 aliphatic rings. The first-order valence-corrected chi connectivity index (χ1v) is 8.69. The molecule has 0 bridgehead atoms. The molecule has 2 aromatic carbocycles. The quantitative estimate of drug-likeness (QED) is 0.216. The number of nitrogens with two attached hydrogens (primary N) is 3. The van der Waals surface area contributed by atoms with Crippen molar-refractivity contribution in [1.82, 2.24) is 0 Å². The number of nitrogens with one attached hydrogen (secondary N) is 1. The van der Waals surface area contributed by atoms with Crippen molar-refractivity contribution in [2.24, 2.45) is 22.6 Å². The fraction of sp³-hybridized carbons (Fsp3) is 0. The summed E-state index contributed by atoms with van der Waals surface area (Å²) in [6.07, 6.45) is 0. The molecule has 0 atom stereocenters. The van der Waals surface area contributed by atoms with Crippen LogP contribution in [0, 0.1) is 5.41 Å². The second-order valence-electron chi connectivity index (χ2n) is 4.29. The van der Waals surface area contributed by atoms with Gasteiger partial charge in [0.05, 0.1) is 11.4 Å². The Hall–Kier alpha value is -2.20. The molecule has 0 radical (unpaired) electrons. The van der Waals surface area contributed by atoms with E-state index in [2.05, 4.69) is 5.10 Å². The van der Waals surface area contributed by atoms with Gasteiger partial charge in [-0.05, 0) is 45.9 Å². The van der Waals surface area contributed by atoms with Crippen molar-refractivity contribution in [2.45, 2.75) is 0 Å². The molecule has 0 spiro atoms. The molecule has 0 saturated carbocycles. The molecular weight excluding hydrogens is 330 g/mol. The van der Waals surface area contributed by atoms with Gasteiger partial charge in [-0.25, -0.2) is 11.7 Å². The zero-order chi connectivity index (χ0) is 16.7. The van der Waals surface area contributed by atoms with Crippen molar-refractivity contribution in [2.75, 3.05) is 10.0 Å². The Labute approximate surface area is 142 Å². The highest BCUT2D eigenvalue weighted by molar-refractivity contribution is 8.87. The molecule has 7 nitrogen and oxygen atoms in total. The van der Waals surface area contributed by atoms with Crippen molar-refractivity contribution in [3.05, 3.63) is 60.7 Å². The molecule has 2 aromatic rings. The van der Waals surface area contributed by atoms with Crippen molar-refractivity contribution in [1.29, 1.82) is 5.41 Å². The Morgan fingerprint density at radius 2 is 1.30 bits per heavy atom. The SMILES string of the molecule is N=C(SS/C(=N/N)N(N)c1ccccc1)N(N)c1ccccc1. The van der Waals surface area contributed by atoms with Crippen molar-refractivity contribution in [3.63, 3.8) is 0 Å². The van der Waals surface area contributed by atoms with E-state index in [4.69, 9.17) is 22.9 Å². The molecule has 7 N–H and O–H groups in total. The molecular formula is C14H17N7S2. The zero-order valence-corrected chi connectivity index (χ0v) is 13.8. The van der Waals surface area contributed by atoms with E-state index in [0.29, 0.717) is 10.9 Å². The Balaban J connectivity index is 1.97. The standard InChI is InChI=1S/C14H17N7S2/c15-13(20(17)11-7-3-1-4-8-11)22-23-14(19-16)21(18)12-9-5-2-6-10-12/h1-10,15H,16-18H2/b15-13?,19-14+. The average molecular weight is 347 g/mol. The van der Waals surface area contributed by atoms with Gasteiger partial charge in [0.1, 0.15) is 0 Å². The van der Waals surface area contributed by atoms with Crippen LogP contribution in [-0.2, 0) is 0 Å². The van der Waals surface area contributed by atoms with Crippen LogP contribution >= 0.6 is 21.6 Å². The first-order valence-electron chi connectivity index (χ1n) is 6.54. The van der Waals surface area contributed by atoms with Crippen LogP contribution in [0.3, 0.4) is 0 Å². The van der Waals surface area contributed by atoms with Crippen LogP contribution in [0.4, 0.5) is 11.4 Å². The number of para-hydroxylation sites is 2. The second-order valence-corrected chi connectivity index (χ2v) is 6.38. The number of nitrogens with zero attached hydrogens (tertiary/aromatic N) is 3. The number of hydrogen-bond acceptors (Lipinski definition) is 7. The highest BCUT2D eigenvalue weighted by Crippen LogP contribution is 2.28. The molecule has 0 unspecified atom stereocenters. The lowest BCUT2D eigenvalue weighted by molar-refractivity contribution is 1.11. The largest absolute Gasteiger partial charge is 0.321 e. The maximum Gasteiger partial charge on any atom is 0.212 e. The number of hydrogen-bond donors (Lipinski definition) is 4. The molecule has 0 aliphatic carbocycles. The van der Waals surface area contributed by atoms with Crippen LogP contribution in [-0.4, -0.2) is 10.3 Å². The number of benzene rings is 2. The van der Waals surface area contributed by atoms with E-state index in [0.717, 1.165) is 27.3 Å². The van der Waals surface area contributed by atoms with Crippen molar-refractivity contribution in [3.8, 4) is 0 Å². The van der Waals surface area contributed by atoms with Crippen LogP contribution in [0.5, 0.6) is 0 Å². The van der Waals surface area contributed by atoms with Gasteiger partial charge < -0.3 is 5.84 Å². The van der Waals surface area contributed by atoms with E-state index in [1.165, 1.54) is 10.0 Å². The van der Waals surface area contributed by atoms with E-state index in [9.17, 15) is 0 Å². The summed E-state index contributed by atoms with van der Waals surface area (Å²) in [6, 6.07) is 18.5. The Bertz CT molecular complexity index is 663. The number of anilines is 2. The first kappa shape index (κ1) is 17.2. The van der Waals surface area contributed by atoms with Crippen molar-refractivity contribution < 1.29 is 0 Å². The van der Waals surface area contributed by atoms with Gasteiger partial charge >= 0.3 is 0 Å². The van der Waals surface area contributed by atoms with E-state index >= 15 is 0 Å². The summed E-state index contributed by atoms with van der Waals surface area (Å²) in [4.78, 5) is 0. The predicted molar refractivity (Wildman–Crippen MR) is 101 cm³/mol. The van der Waals surface area contributed by atoms with Gasteiger partial charge in [-0.1, -0.05) is 36.4 Å². The molecule has 0 saturated heterocycles. The van der Waals surface area contributed by atoms with Crippen LogP contribution in [0.2, 0.25) is 0 Å². The molecule has 2 rings (SSSR count). The summed E-state index contributed by atoms with van der Waals surface area (Å²) in [5, 5.41) is 14.8. The van der Waals surface area contributed by atoms with E-state index in [1.807, 2.05) is 60.7 Å². The Kier molecular flexibility index (Phi) is 6.29. The van der Waals surface area contributed by atoms with Crippen LogP contribution in [0.15, 0.2) is 65.8 Å². The van der Waals surface area contributed by atoms with Gasteiger partial charge in [-0.2, -0.15) is 5.10 Å². The minimum Gasteiger partial charge on any atom is -0.321 e. The average Bonchev–Trinajstić information content (AvgIpc) is 2.62. The minimum absolute atomic E-state index is 0.129. The second kappa shape index (κ2) is 8.44. The summed E-state index contributed by atoms with van der Waals surface area (Å²) >= 11 is 0. The summed E-state index contributed by atoms with van der Waals surface area (Å²) in [7, 11) is 2.26. The van der Waals surface area contributed by atoms with Gasteiger partial charge in [0.15, 0.2) is 5.17 Å². The molecule has 0 aromatic heterocycles. The maximum atomic E-state index is 8.03. The molecule has 0 heterocycles. The third-order valence-electron chi connectivity index (χ3n) is 2.80. The highest BCUT2D eigenvalue weighted by atomic mass is 33.1. The summed E-state index contributed by atoms with van der Waals surface area (Å²) in [6.45, 7) is 0. The lowest BCUT2D eigenvalue weighted by Gasteiger charge is -2.21. The summed E-state index contributed by atoms with van der Waals surface area (Å²) in [5.41, 5.74) is 1.45. The molecule has 9 heteroatoms. The first-order chi connectivity index (χ1) is 11.1. The number of hydrazone groups is 1. The van der Waals surface area contributed by atoms with Crippen molar-refractivity contribution >= 4 is 43.3 Å². The Morgan fingerprint density at radius 1 is 0.826 bits per heavy atom. The summed E-state index contributed by atoms with van der Waals surface area (Å²) < 4.78 is 0. The van der Waals surface area contributed by atoms with Gasteiger partial charge in [0.2, 0.25) is 5.17 Å². The predicted octanol–water partition coefficient (Wildman–Crippen LogP) is 2.29. The van der Waals surface area contributed by atoms with Crippen LogP contribution in [0.25, 0.3) is 0 Å². The maximum absolute atomic E-state index is 8.03. The van der Waals surface area contributed by atoms with Gasteiger partial charge in [0, 0.05) is 0 Å². The third kappa shape index (κ3) is 4.63. The van der Waals surface area contributed by atoms with Crippen LogP contribution < -0.4 is 27.5 Å². The minimum atomic E-state index is 0.129. The molecule has 23 heavy (non-hydrogen) atoms. The molecule has 0 amide bonds. The topological polar surface area (TPSA) is 121 Å². The normalized spacial score (nSPS) is 11.1. The fourth-order valence-corrected chi connectivity index (χ4v) is 3.28. The fourth-order valence-electron chi connectivity index (χ4n) is 1.65. The number of hydrazine groups is 2. The van der Waals surface area contributed by atoms with Crippen LogP contribution in [0.1, 0.15) is 0 Å². The lowest BCUT2D eigenvalue weighted by atomic mass is 10.3. The van der Waals surface area contributed by atoms with Gasteiger partial charge in [0.25, 0.3) is 0 Å². The van der Waals surface area contributed by atoms with E-state index in [-0.39, 0.29) is 5.17 Å². The van der Waals surface area contributed by atoms with Gasteiger partial charge in [-0.15, -0.1) is 0 Å². The van der Waals surface area contributed by atoms with Gasteiger partial charge in [-0.3, -0.25) is 15.4 Å². The molecule has 0 fully saturated rings. The smallest absolute Gasteiger partial charge is 0.212 e. The summed E-state index contributed by atoms with van der Waals surface area (Å²) in [5.74, 6) is 17.3. The lowest BCUT2D eigenvalue weighted by Crippen LogP contribution is -2.37.